The third-order valence-electron chi connectivity index (χ3n) is 10.9. The van der Waals surface area contributed by atoms with Crippen molar-refractivity contribution >= 4 is 34.8 Å². The maximum absolute atomic E-state index is 13.7. The van der Waals surface area contributed by atoms with E-state index in [4.69, 9.17) is 14.2 Å². The highest BCUT2D eigenvalue weighted by Gasteiger charge is 2.38. The summed E-state index contributed by atoms with van der Waals surface area (Å²) in [7, 11) is 4.00. The van der Waals surface area contributed by atoms with Crippen LogP contribution in [0, 0.1) is 0 Å². The fourth-order valence-corrected chi connectivity index (χ4v) is 7.58. The average Bonchev–Trinajstić information content (AvgIpc) is 4.06. The second kappa shape index (κ2) is 17.5. The van der Waals surface area contributed by atoms with Crippen LogP contribution in [0.2, 0.25) is 0 Å². The van der Waals surface area contributed by atoms with Gasteiger partial charge >= 0.3 is 12.2 Å². The number of H-pyrrole nitrogens is 2. The van der Waals surface area contributed by atoms with Crippen molar-refractivity contribution in [1.82, 2.24) is 40.4 Å². The van der Waals surface area contributed by atoms with E-state index in [9.17, 15) is 19.2 Å². The van der Waals surface area contributed by atoms with Crippen molar-refractivity contribution in [1.29, 1.82) is 0 Å². The zero-order valence-electron chi connectivity index (χ0n) is 33.1. The Bertz CT molecular complexity index is 2270. The Labute approximate surface area is 335 Å². The molecular weight excluding hydrogens is 745 g/mol. The summed E-state index contributed by atoms with van der Waals surface area (Å²) >= 11 is 0. The van der Waals surface area contributed by atoms with Crippen LogP contribution in [0.25, 0.3) is 44.4 Å². The lowest BCUT2D eigenvalue weighted by Gasteiger charge is -2.37. The average molecular weight is 793 g/mol. The lowest BCUT2D eigenvalue weighted by atomic mass is 9.98. The minimum absolute atomic E-state index is 0.177. The van der Waals surface area contributed by atoms with E-state index in [0.717, 1.165) is 57.3 Å². The zero-order valence-corrected chi connectivity index (χ0v) is 33.1. The van der Waals surface area contributed by atoms with Gasteiger partial charge in [0, 0.05) is 25.8 Å². The van der Waals surface area contributed by atoms with E-state index in [2.05, 4.69) is 89.9 Å². The Morgan fingerprint density at radius 2 is 1.29 bits per heavy atom. The van der Waals surface area contributed by atoms with Crippen molar-refractivity contribution in [2.75, 3.05) is 47.6 Å². The van der Waals surface area contributed by atoms with Crippen LogP contribution in [0.3, 0.4) is 0 Å². The third kappa shape index (κ3) is 8.38. The number of amides is 4. The highest BCUT2D eigenvalue weighted by atomic mass is 16.5. The lowest BCUT2D eigenvalue weighted by molar-refractivity contribution is -0.145. The van der Waals surface area contributed by atoms with Crippen molar-refractivity contribution in [3.05, 3.63) is 84.7 Å². The first-order chi connectivity index (χ1) is 28.1. The fourth-order valence-electron chi connectivity index (χ4n) is 7.58. The smallest absolute Gasteiger partial charge is 0.407 e. The SMILES string of the molecule is COC(=O)N[C@H](C(=O)N1CCOC[C@H]1c1ncc(-c2ccc3cc(-c4ccc(-c5cnc([C@@H]6CCCN6C(=O)[C@@H](C)NC(=O)OC)[nH]5)cc4)ccc3c2)[nH]1)[C@@H](C)OC. The number of aromatic amines is 2. The molecule has 58 heavy (non-hydrogen) atoms. The highest BCUT2D eigenvalue weighted by Crippen LogP contribution is 2.34. The maximum atomic E-state index is 13.7. The number of rotatable bonds is 11. The number of aromatic nitrogens is 4. The molecule has 4 N–H and O–H groups in total. The number of nitrogens with zero attached hydrogens (tertiary/aromatic N) is 4. The third-order valence-corrected chi connectivity index (χ3v) is 10.9. The van der Waals surface area contributed by atoms with Gasteiger partial charge in [-0.2, -0.15) is 0 Å². The Kier molecular flexibility index (Phi) is 12.0. The minimum Gasteiger partial charge on any atom is -0.453 e. The number of morpholine rings is 1. The van der Waals surface area contributed by atoms with Crippen LogP contribution in [-0.2, 0) is 28.5 Å². The van der Waals surface area contributed by atoms with Crippen LogP contribution < -0.4 is 10.6 Å². The summed E-state index contributed by atoms with van der Waals surface area (Å²) in [6.45, 7) is 4.88. The summed E-state index contributed by atoms with van der Waals surface area (Å²) in [4.78, 5) is 70.1. The van der Waals surface area contributed by atoms with Gasteiger partial charge in [-0.15, -0.1) is 0 Å². The number of hydrogen-bond donors (Lipinski definition) is 4. The number of methoxy groups -OCH3 is 3. The number of ether oxygens (including phenoxy) is 4. The molecule has 3 aromatic carbocycles. The van der Waals surface area contributed by atoms with Gasteiger partial charge in [0.05, 0.1) is 63.4 Å². The largest absolute Gasteiger partial charge is 0.453 e. The molecule has 16 heteroatoms. The van der Waals surface area contributed by atoms with Gasteiger partial charge in [-0.05, 0) is 66.3 Å². The fraction of sp³-hybridized carbons (Fsp3) is 0.381. The summed E-state index contributed by atoms with van der Waals surface area (Å²) in [5, 5.41) is 7.29. The zero-order chi connectivity index (χ0) is 40.9. The first-order valence-corrected chi connectivity index (χ1v) is 19.2. The molecular formula is C42H48N8O8. The molecule has 2 aliphatic heterocycles. The van der Waals surface area contributed by atoms with Crippen molar-refractivity contribution in [3.63, 3.8) is 0 Å². The van der Waals surface area contributed by atoms with Crippen LogP contribution in [-0.4, -0.2) is 120 Å². The van der Waals surface area contributed by atoms with Crippen molar-refractivity contribution < 1.29 is 38.1 Å². The van der Waals surface area contributed by atoms with Gasteiger partial charge in [-0.3, -0.25) is 9.59 Å². The molecule has 304 valence electrons. The van der Waals surface area contributed by atoms with Crippen molar-refractivity contribution in [2.45, 2.75) is 57.0 Å². The van der Waals surface area contributed by atoms with Gasteiger partial charge in [0.2, 0.25) is 11.8 Å². The summed E-state index contributed by atoms with van der Waals surface area (Å²) in [5.41, 5.74) is 5.69. The van der Waals surface area contributed by atoms with Gasteiger partial charge in [-0.25, -0.2) is 19.6 Å². The Morgan fingerprint density at radius 3 is 1.97 bits per heavy atom. The number of fused-ring (bicyclic) bond motifs is 1. The van der Waals surface area contributed by atoms with Crippen LogP contribution in [0.5, 0.6) is 0 Å². The van der Waals surface area contributed by atoms with Crippen LogP contribution >= 0.6 is 0 Å². The monoisotopic (exact) mass is 792 g/mol. The van der Waals surface area contributed by atoms with Gasteiger partial charge in [0.1, 0.15) is 29.8 Å². The molecule has 4 heterocycles. The first kappa shape index (κ1) is 40.0. The molecule has 0 saturated carbocycles. The molecule has 7 rings (SSSR count). The first-order valence-electron chi connectivity index (χ1n) is 19.2. The molecule has 2 fully saturated rings. The van der Waals surface area contributed by atoms with E-state index in [1.807, 2.05) is 6.07 Å². The highest BCUT2D eigenvalue weighted by molar-refractivity contribution is 5.91. The Balaban J connectivity index is 1.03. The molecule has 5 atom stereocenters. The summed E-state index contributed by atoms with van der Waals surface area (Å²) in [5.74, 6) is 0.793. The number of carbonyl (C=O) groups is 4. The van der Waals surface area contributed by atoms with E-state index in [1.54, 1.807) is 36.0 Å². The Morgan fingerprint density at radius 1 is 0.724 bits per heavy atom. The molecule has 0 aliphatic carbocycles. The molecule has 4 amide bonds. The molecule has 0 unspecified atom stereocenters. The van der Waals surface area contributed by atoms with E-state index in [0.29, 0.717) is 31.3 Å². The maximum Gasteiger partial charge on any atom is 0.407 e. The van der Waals surface area contributed by atoms with Gasteiger partial charge in [-0.1, -0.05) is 48.5 Å². The van der Waals surface area contributed by atoms with Gasteiger partial charge in [0.25, 0.3) is 0 Å². The standard InChI is InChI=1S/C42H48N8O8/c1-24(45-41(53)56-4)39(51)49-16-6-7-34(49)37-43-21-32(46-37)27-10-8-26(9-11-27)28-12-13-30-20-31(15-14-29(30)19-28)33-22-44-38(47-33)35-23-58-18-17-50(35)40(52)36(25(2)55-3)48-42(54)57-5/h8-15,19-22,24-25,34-36H,6-7,16-18,23H2,1-5H3,(H,43,46)(H,44,47)(H,45,53)(H,48,54)/t24-,25-,34+,35+,36+/m1/s1. The number of imidazole rings is 2. The number of nitrogens with one attached hydrogen (secondary N) is 4. The summed E-state index contributed by atoms with van der Waals surface area (Å²) < 4.78 is 20.6. The minimum atomic E-state index is -0.956. The molecule has 0 radical (unpaired) electrons. The van der Waals surface area contributed by atoms with Crippen LogP contribution in [0.4, 0.5) is 9.59 Å². The number of likely N-dealkylation sites (tertiary alicyclic amines) is 1. The molecule has 2 aliphatic rings. The molecule has 0 spiro atoms. The van der Waals surface area contributed by atoms with E-state index in [1.165, 1.54) is 21.3 Å². The number of alkyl carbamates (subject to hydrolysis) is 2. The van der Waals surface area contributed by atoms with Gasteiger partial charge in [0.15, 0.2) is 0 Å². The van der Waals surface area contributed by atoms with Crippen LogP contribution in [0.15, 0.2) is 73.1 Å². The van der Waals surface area contributed by atoms with E-state index < -0.39 is 36.4 Å². The molecule has 2 saturated heterocycles. The van der Waals surface area contributed by atoms with Crippen molar-refractivity contribution in [2.24, 2.45) is 0 Å². The van der Waals surface area contributed by atoms with Crippen LogP contribution in [0.1, 0.15) is 50.4 Å². The van der Waals surface area contributed by atoms with Gasteiger partial charge < -0.3 is 49.3 Å². The number of carbonyl (C=O) groups excluding carboxylic acids is 4. The van der Waals surface area contributed by atoms with E-state index in [-0.39, 0.29) is 24.5 Å². The molecule has 5 aromatic rings. The normalized spacial score (nSPS) is 18.4. The molecule has 2 aromatic heterocycles. The second-order valence-corrected chi connectivity index (χ2v) is 14.4. The topological polar surface area (TPSA) is 193 Å². The molecule has 0 bridgehead atoms. The second-order valence-electron chi connectivity index (χ2n) is 14.4. The predicted molar refractivity (Wildman–Crippen MR) is 214 cm³/mol. The van der Waals surface area contributed by atoms with E-state index >= 15 is 0 Å². The van der Waals surface area contributed by atoms with Crippen molar-refractivity contribution in [3.8, 4) is 33.6 Å². The lowest BCUT2D eigenvalue weighted by Crippen LogP contribution is -2.57. The number of hydrogen-bond acceptors (Lipinski definition) is 10. The quantitative estimate of drug-likeness (QED) is 0.135. The summed E-state index contributed by atoms with van der Waals surface area (Å²) in [6, 6.07) is 18.5. The summed E-state index contributed by atoms with van der Waals surface area (Å²) in [6.07, 6.45) is 3.21. The number of benzene rings is 3. The predicted octanol–water partition coefficient (Wildman–Crippen LogP) is 5.35. The molecule has 16 nitrogen and oxygen atoms in total. The Hall–Kier alpha value is -6.26.